The van der Waals surface area contributed by atoms with E-state index in [9.17, 15) is 9.59 Å². The summed E-state index contributed by atoms with van der Waals surface area (Å²) in [6.45, 7) is 6.29. The Hall–Kier alpha value is -2.82. The highest BCUT2D eigenvalue weighted by atomic mass is 16.2. The first-order valence-electron chi connectivity index (χ1n) is 9.05. The first kappa shape index (κ1) is 19.5. The Labute approximate surface area is 155 Å². The van der Waals surface area contributed by atoms with E-state index in [0.29, 0.717) is 24.3 Å². The lowest BCUT2D eigenvalue weighted by Crippen LogP contribution is -2.17. The van der Waals surface area contributed by atoms with Gasteiger partial charge in [0, 0.05) is 37.0 Å². The molecule has 0 aromatic heterocycles. The smallest absolute Gasteiger partial charge is 0.226 e. The molecule has 0 aliphatic heterocycles. The molecule has 0 saturated heterocycles. The maximum atomic E-state index is 12.2. The number of rotatable bonds is 8. The number of carbonyl (C=O) groups is 2. The van der Waals surface area contributed by atoms with E-state index in [1.165, 1.54) is 18.1 Å². The predicted octanol–water partition coefficient (Wildman–Crippen LogP) is 4.21. The van der Waals surface area contributed by atoms with E-state index in [4.69, 9.17) is 0 Å². The minimum Gasteiger partial charge on any atom is -0.384 e. The van der Waals surface area contributed by atoms with E-state index in [1.54, 1.807) is 24.3 Å². The van der Waals surface area contributed by atoms with Gasteiger partial charge in [-0.05, 0) is 42.2 Å². The molecule has 0 aliphatic rings. The highest BCUT2D eigenvalue weighted by molar-refractivity contribution is 5.93. The van der Waals surface area contributed by atoms with E-state index in [0.717, 1.165) is 18.5 Å². The van der Waals surface area contributed by atoms with Crippen molar-refractivity contribution in [2.75, 3.05) is 22.5 Å². The van der Waals surface area contributed by atoms with Gasteiger partial charge < -0.3 is 16.0 Å². The lowest BCUT2D eigenvalue weighted by atomic mass is 10.0. The van der Waals surface area contributed by atoms with Gasteiger partial charge in [0.15, 0.2) is 0 Å². The lowest BCUT2D eigenvalue weighted by molar-refractivity contribution is -0.116. The Morgan fingerprint density at radius 2 is 1.46 bits per heavy atom. The molecule has 0 radical (unpaired) electrons. The number of hydrogen-bond acceptors (Lipinski definition) is 3. The van der Waals surface area contributed by atoms with Crippen LogP contribution >= 0.6 is 0 Å². The summed E-state index contributed by atoms with van der Waals surface area (Å²) in [5, 5.41) is 8.99. The monoisotopic (exact) mass is 353 g/mol. The molecule has 0 saturated carbocycles. The molecule has 5 heteroatoms. The summed E-state index contributed by atoms with van der Waals surface area (Å²) in [6.07, 6.45) is 2.28. The summed E-state index contributed by atoms with van der Waals surface area (Å²) >= 11 is 0. The second-order valence-electron chi connectivity index (χ2n) is 6.15. The van der Waals surface area contributed by atoms with Crippen LogP contribution in [0.4, 0.5) is 17.1 Å². The minimum atomic E-state index is -0.140. The van der Waals surface area contributed by atoms with Crippen LogP contribution in [0.5, 0.6) is 0 Å². The lowest BCUT2D eigenvalue weighted by Gasteiger charge is -2.15. The highest BCUT2D eigenvalue weighted by Crippen LogP contribution is 2.22. The Balaban J connectivity index is 1.91. The van der Waals surface area contributed by atoms with Crippen molar-refractivity contribution in [2.24, 2.45) is 0 Å². The molecule has 2 aromatic rings. The van der Waals surface area contributed by atoms with Gasteiger partial charge in [0.2, 0.25) is 11.8 Å². The van der Waals surface area contributed by atoms with Crippen LogP contribution in [0.3, 0.4) is 0 Å². The van der Waals surface area contributed by atoms with Crippen molar-refractivity contribution in [3.05, 3.63) is 53.6 Å². The number of anilines is 3. The normalized spacial score (nSPS) is 10.3. The molecule has 3 N–H and O–H groups in total. The molecule has 0 aliphatic carbocycles. The van der Waals surface area contributed by atoms with Crippen LogP contribution in [-0.2, 0) is 22.4 Å². The molecule has 0 atom stereocenters. The van der Waals surface area contributed by atoms with Crippen LogP contribution in [0.1, 0.15) is 38.3 Å². The molecule has 2 aromatic carbocycles. The number of hydrogen-bond donors (Lipinski definition) is 3. The molecule has 5 nitrogen and oxygen atoms in total. The molecule has 138 valence electrons. The standard InChI is InChI=1S/C21H27N3O2/c1-4-16-8-6-9-17(5-2)21(16)22-13-12-20(26)24-19-11-7-10-18(14-19)23-15(3)25/h6-11,14,22H,4-5,12-13H2,1-3H3,(H,23,25)(H,24,26). The number of carbonyl (C=O) groups excluding carboxylic acids is 2. The quantitative estimate of drug-likeness (QED) is 0.666. The third-order valence-corrected chi connectivity index (χ3v) is 4.12. The third kappa shape index (κ3) is 5.62. The van der Waals surface area contributed by atoms with E-state index in [1.807, 2.05) is 0 Å². The summed E-state index contributed by atoms with van der Waals surface area (Å²) in [7, 11) is 0. The topological polar surface area (TPSA) is 70.2 Å². The van der Waals surface area contributed by atoms with Gasteiger partial charge in [-0.1, -0.05) is 38.1 Å². The second-order valence-corrected chi connectivity index (χ2v) is 6.15. The molecule has 0 fully saturated rings. The number of nitrogens with one attached hydrogen (secondary N) is 3. The summed E-state index contributed by atoms with van der Waals surface area (Å²) < 4.78 is 0. The van der Waals surface area contributed by atoms with Gasteiger partial charge in [-0.3, -0.25) is 9.59 Å². The van der Waals surface area contributed by atoms with Crippen LogP contribution in [0.15, 0.2) is 42.5 Å². The molecule has 26 heavy (non-hydrogen) atoms. The summed E-state index contributed by atoms with van der Waals surface area (Å²) in [6, 6.07) is 13.4. The van der Waals surface area contributed by atoms with Crippen LogP contribution in [0.2, 0.25) is 0 Å². The molecular weight excluding hydrogens is 326 g/mol. The van der Waals surface area contributed by atoms with E-state index in [2.05, 4.69) is 48.0 Å². The molecular formula is C21H27N3O2. The third-order valence-electron chi connectivity index (χ3n) is 4.12. The van der Waals surface area contributed by atoms with E-state index < -0.39 is 0 Å². The fraction of sp³-hybridized carbons (Fsp3) is 0.333. The van der Waals surface area contributed by atoms with Crippen LogP contribution in [-0.4, -0.2) is 18.4 Å². The number of para-hydroxylation sites is 1. The molecule has 2 rings (SSSR count). The van der Waals surface area contributed by atoms with Crippen molar-refractivity contribution in [1.82, 2.24) is 0 Å². The summed E-state index contributed by atoms with van der Waals surface area (Å²) in [5.41, 5.74) is 5.03. The van der Waals surface area contributed by atoms with E-state index >= 15 is 0 Å². The van der Waals surface area contributed by atoms with Gasteiger partial charge in [0.05, 0.1) is 0 Å². The predicted molar refractivity (Wildman–Crippen MR) is 108 cm³/mol. The van der Waals surface area contributed by atoms with Crippen molar-refractivity contribution in [2.45, 2.75) is 40.0 Å². The largest absolute Gasteiger partial charge is 0.384 e. The van der Waals surface area contributed by atoms with Crippen LogP contribution in [0.25, 0.3) is 0 Å². The first-order chi connectivity index (χ1) is 12.5. The summed E-state index contributed by atoms with van der Waals surface area (Å²) in [4.78, 5) is 23.3. The Morgan fingerprint density at radius 1 is 0.885 bits per heavy atom. The molecule has 0 bridgehead atoms. The average molecular weight is 353 g/mol. The van der Waals surface area contributed by atoms with Crippen molar-refractivity contribution < 1.29 is 9.59 Å². The Kier molecular flexibility index (Phi) is 7.21. The number of benzene rings is 2. The summed E-state index contributed by atoms with van der Waals surface area (Å²) in [5.74, 6) is -0.205. The second kappa shape index (κ2) is 9.61. The van der Waals surface area contributed by atoms with Gasteiger partial charge in [-0.25, -0.2) is 0 Å². The van der Waals surface area contributed by atoms with Gasteiger partial charge in [-0.2, -0.15) is 0 Å². The van der Waals surface area contributed by atoms with Crippen molar-refractivity contribution in [3.8, 4) is 0 Å². The van der Waals surface area contributed by atoms with Crippen molar-refractivity contribution in [3.63, 3.8) is 0 Å². The molecule has 0 unspecified atom stereocenters. The fourth-order valence-corrected chi connectivity index (χ4v) is 2.87. The van der Waals surface area contributed by atoms with Crippen molar-refractivity contribution >= 4 is 28.9 Å². The van der Waals surface area contributed by atoms with E-state index in [-0.39, 0.29) is 11.8 Å². The van der Waals surface area contributed by atoms with Crippen molar-refractivity contribution in [1.29, 1.82) is 0 Å². The molecule has 2 amide bonds. The average Bonchev–Trinajstić information content (AvgIpc) is 2.61. The SMILES string of the molecule is CCc1cccc(CC)c1NCCC(=O)Nc1cccc(NC(C)=O)c1. The maximum Gasteiger partial charge on any atom is 0.226 e. The highest BCUT2D eigenvalue weighted by Gasteiger charge is 2.08. The van der Waals surface area contributed by atoms with Gasteiger partial charge in [0.25, 0.3) is 0 Å². The van der Waals surface area contributed by atoms with Gasteiger partial charge in [-0.15, -0.1) is 0 Å². The van der Waals surface area contributed by atoms with Crippen LogP contribution in [0, 0.1) is 0 Å². The Morgan fingerprint density at radius 3 is 2.04 bits per heavy atom. The first-order valence-corrected chi connectivity index (χ1v) is 9.05. The molecule has 0 heterocycles. The zero-order valence-corrected chi connectivity index (χ0v) is 15.7. The Bertz CT molecular complexity index is 749. The number of aryl methyl sites for hydroxylation is 2. The zero-order valence-electron chi connectivity index (χ0n) is 15.7. The van der Waals surface area contributed by atoms with Gasteiger partial charge >= 0.3 is 0 Å². The molecule has 0 spiro atoms. The van der Waals surface area contributed by atoms with Crippen LogP contribution < -0.4 is 16.0 Å². The number of amides is 2. The maximum absolute atomic E-state index is 12.2. The fourth-order valence-electron chi connectivity index (χ4n) is 2.87. The minimum absolute atomic E-state index is 0.0653. The van der Waals surface area contributed by atoms with Gasteiger partial charge in [0.1, 0.15) is 0 Å². The zero-order chi connectivity index (χ0) is 18.9.